The molecule has 1 fully saturated rings. The van der Waals surface area contributed by atoms with Crippen molar-refractivity contribution in [3.05, 3.63) is 53.3 Å². The molecule has 2 aromatic heterocycles. The van der Waals surface area contributed by atoms with Gasteiger partial charge in [-0.15, -0.1) is 0 Å². The van der Waals surface area contributed by atoms with Crippen LogP contribution in [0.25, 0.3) is 11.2 Å². The summed E-state index contributed by atoms with van der Waals surface area (Å²) in [4.78, 5) is 26.5. The van der Waals surface area contributed by atoms with Gasteiger partial charge in [-0.3, -0.25) is 9.79 Å². The smallest absolute Gasteiger partial charge is 0.251 e. The minimum absolute atomic E-state index is 0.00357. The van der Waals surface area contributed by atoms with Gasteiger partial charge >= 0.3 is 0 Å². The maximum Gasteiger partial charge on any atom is 0.251 e. The van der Waals surface area contributed by atoms with Gasteiger partial charge in [0.05, 0.1) is 17.4 Å². The minimum atomic E-state index is -0.0444. The van der Waals surface area contributed by atoms with E-state index >= 15 is 0 Å². The lowest BCUT2D eigenvalue weighted by molar-refractivity contribution is -0.124. The lowest BCUT2D eigenvalue weighted by Gasteiger charge is -2.33. The number of fused-ring (bicyclic) bond motifs is 1. The fraction of sp³-hybridized carbons (Fsp3) is 0.500. The number of imidazole rings is 1. The van der Waals surface area contributed by atoms with Gasteiger partial charge in [0, 0.05) is 36.8 Å². The topological polar surface area (TPSA) is 53.2 Å². The highest BCUT2D eigenvalue weighted by Gasteiger charge is 2.26. The Hall–Kier alpha value is -2.73. The number of aromatic nitrogens is 2. The van der Waals surface area contributed by atoms with Crippen LogP contribution in [0.4, 0.5) is 0 Å². The number of likely N-dealkylation sites (tertiary alicyclic amines) is 1. The Balaban J connectivity index is 0.00000141. The number of amides is 1. The summed E-state index contributed by atoms with van der Waals surface area (Å²) < 4.78 is 2.04. The SMILES string of the molecule is C/C(=C\C(=O)N1C=C(C2CCN(C)CC2)N=CC1C)c1cc(C)c2nc(C)cn2c1.CC. The fourth-order valence-corrected chi connectivity index (χ4v) is 4.29. The minimum Gasteiger partial charge on any atom is -0.306 e. The summed E-state index contributed by atoms with van der Waals surface area (Å²) in [5.74, 6) is 0.427. The maximum atomic E-state index is 13.1. The van der Waals surface area contributed by atoms with E-state index in [4.69, 9.17) is 0 Å². The van der Waals surface area contributed by atoms with Gasteiger partial charge in [-0.25, -0.2) is 4.98 Å². The molecule has 1 amide bonds. The molecule has 1 unspecified atom stereocenters. The van der Waals surface area contributed by atoms with Crippen LogP contribution in [0.1, 0.15) is 57.4 Å². The molecule has 2 aromatic rings. The molecule has 0 bridgehead atoms. The standard InChI is InChI=1S/C24H31N5O.C2H6/c1-16(21-10-17(2)24-26-18(3)13-28(24)14-21)11-23(30)29-15-22(25-12-19(29)4)20-6-8-27(5)9-7-20;1-2/h10-15,19-20H,6-9H2,1-5H3;1-2H3/b16-11+;. The van der Waals surface area contributed by atoms with Gasteiger partial charge < -0.3 is 14.2 Å². The van der Waals surface area contributed by atoms with Gasteiger partial charge in [0.1, 0.15) is 5.65 Å². The van der Waals surface area contributed by atoms with E-state index in [9.17, 15) is 4.79 Å². The summed E-state index contributed by atoms with van der Waals surface area (Å²) in [6.07, 6.45) is 11.9. The molecule has 2 aliphatic heterocycles. The summed E-state index contributed by atoms with van der Waals surface area (Å²) in [7, 11) is 2.16. The monoisotopic (exact) mass is 435 g/mol. The van der Waals surface area contributed by atoms with Gasteiger partial charge in [0.25, 0.3) is 5.91 Å². The number of rotatable bonds is 3. The highest BCUT2D eigenvalue weighted by molar-refractivity contribution is 5.97. The Kier molecular flexibility index (Phi) is 7.67. The molecular weight excluding hydrogens is 398 g/mol. The van der Waals surface area contributed by atoms with Crippen LogP contribution in [0.3, 0.4) is 0 Å². The summed E-state index contributed by atoms with van der Waals surface area (Å²) in [5, 5.41) is 0. The quantitative estimate of drug-likeness (QED) is 0.647. The van der Waals surface area contributed by atoms with E-state index in [1.165, 1.54) is 0 Å². The molecule has 0 aromatic carbocycles. The normalized spacial score (nSPS) is 20.2. The van der Waals surface area contributed by atoms with Crippen molar-refractivity contribution in [1.29, 1.82) is 0 Å². The Morgan fingerprint density at radius 1 is 1.16 bits per heavy atom. The average molecular weight is 436 g/mol. The Morgan fingerprint density at radius 2 is 1.84 bits per heavy atom. The number of carbonyl (C=O) groups is 1. The second-order valence-corrected chi connectivity index (χ2v) is 8.75. The zero-order valence-electron chi connectivity index (χ0n) is 20.6. The first-order valence-corrected chi connectivity index (χ1v) is 11.7. The highest BCUT2D eigenvalue weighted by atomic mass is 16.2. The fourth-order valence-electron chi connectivity index (χ4n) is 4.29. The number of aryl methyl sites for hydroxylation is 2. The van der Waals surface area contributed by atoms with Crippen molar-refractivity contribution >= 4 is 23.3 Å². The number of piperidine rings is 1. The number of pyridine rings is 1. The first-order chi connectivity index (χ1) is 15.3. The van der Waals surface area contributed by atoms with Crippen molar-refractivity contribution in [2.24, 2.45) is 10.9 Å². The Morgan fingerprint density at radius 3 is 2.53 bits per heavy atom. The molecule has 4 heterocycles. The Labute approximate surface area is 192 Å². The predicted molar refractivity (Wildman–Crippen MR) is 133 cm³/mol. The number of hydrogen-bond donors (Lipinski definition) is 0. The van der Waals surface area contributed by atoms with E-state index in [2.05, 4.69) is 34.9 Å². The van der Waals surface area contributed by atoms with Gasteiger partial charge in [0.15, 0.2) is 0 Å². The van der Waals surface area contributed by atoms with Crippen LogP contribution in [0.2, 0.25) is 0 Å². The van der Waals surface area contributed by atoms with Crippen molar-refractivity contribution in [3.8, 4) is 0 Å². The Bertz CT molecular complexity index is 1050. The van der Waals surface area contributed by atoms with Crippen LogP contribution in [0, 0.1) is 19.8 Å². The van der Waals surface area contributed by atoms with Crippen molar-refractivity contribution < 1.29 is 4.79 Å². The number of nitrogens with zero attached hydrogens (tertiary/aromatic N) is 5. The van der Waals surface area contributed by atoms with Crippen LogP contribution in [-0.4, -0.2) is 57.5 Å². The molecule has 172 valence electrons. The van der Waals surface area contributed by atoms with Gasteiger partial charge in [0.2, 0.25) is 0 Å². The van der Waals surface area contributed by atoms with Crippen LogP contribution < -0.4 is 0 Å². The highest BCUT2D eigenvalue weighted by Crippen LogP contribution is 2.28. The molecule has 0 spiro atoms. The summed E-state index contributed by atoms with van der Waals surface area (Å²) in [6, 6.07) is 2.05. The van der Waals surface area contributed by atoms with E-state index < -0.39 is 0 Å². The largest absolute Gasteiger partial charge is 0.306 e. The lowest BCUT2D eigenvalue weighted by atomic mass is 9.93. The number of carbonyl (C=O) groups excluding carboxylic acids is 1. The van der Waals surface area contributed by atoms with Crippen molar-refractivity contribution in [2.75, 3.05) is 20.1 Å². The number of aliphatic imine (C=N–C) groups is 1. The molecular formula is C26H37N5O. The molecule has 0 N–H and O–H groups in total. The van der Waals surface area contributed by atoms with Gasteiger partial charge in [-0.1, -0.05) is 13.8 Å². The zero-order valence-corrected chi connectivity index (χ0v) is 20.6. The van der Waals surface area contributed by atoms with Crippen LogP contribution in [0.5, 0.6) is 0 Å². The van der Waals surface area contributed by atoms with Crippen LogP contribution in [0.15, 0.2) is 41.4 Å². The van der Waals surface area contributed by atoms with Crippen molar-refractivity contribution in [2.45, 2.75) is 60.4 Å². The lowest BCUT2D eigenvalue weighted by Crippen LogP contribution is -2.38. The maximum absolute atomic E-state index is 13.1. The molecule has 4 rings (SSSR count). The first-order valence-electron chi connectivity index (χ1n) is 11.7. The second-order valence-electron chi connectivity index (χ2n) is 8.75. The number of allylic oxidation sites excluding steroid dienone is 2. The van der Waals surface area contributed by atoms with E-state index in [0.29, 0.717) is 5.92 Å². The third-order valence-corrected chi connectivity index (χ3v) is 6.19. The second kappa shape index (κ2) is 10.3. The van der Waals surface area contributed by atoms with E-state index in [1.54, 1.807) is 6.08 Å². The molecule has 0 radical (unpaired) electrons. The molecule has 6 heteroatoms. The first kappa shape index (κ1) is 23.9. The summed E-state index contributed by atoms with van der Waals surface area (Å²) in [5.41, 5.74) is 6.06. The molecule has 1 saturated heterocycles. The molecule has 6 nitrogen and oxygen atoms in total. The van der Waals surface area contributed by atoms with Crippen molar-refractivity contribution in [1.82, 2.24) is 19.2 Å². The van der Waals surface area contributed by atoms with Gasteiger partial charge in [-0.2, -0.15) is 0 Å². The van der Waals surface area contributed by atoms with Gasteiger partial charge in [-0.05, 0) is 83.4 Å². The molecule has 0 aliphatic carbocycles. The predicted octanol–water partition coefficient (Wildman–Crippen LogP) is 4.87. The average Bonchev–Trinajstić information content (AvgIpc) is 3.17. The van der Waals surface area contributed by atoms with E-state index in [-0.39, 0.29) is 11.9 Å². The summed E-state index contributed by atoms with van der Waals surface area (Å²) in [6.45, 7) is 14.2. The third-order valence-electron chi connectivity index (χ3n) is 6.19. The molecule has 32 heavy (non-hydrogen) atoms. The number of hydrogen-bond acceptors (Lipinski definition) is 4. The molecule has 1 atom stereocenters. The molecule has 2 aliphatic rings. The third kappa shape index (κ3) is 5.18. The molecule has 0 saturated carbocycles. The van der Waals surface area contributed by atoms with Crippen molar-refractivity contribution in [3.63, 3.8) is 0 Å². The van der Waals surface area contributed by atoms with E-state index in [0.717, 1.165) is 59.7 Å². The van der Waals surface area contributed by atoms with Crippen LogP contribution >= 0.6 is 0 Å². The zero-order chi connectivity index (χ0) is 23.4. The summed E-state index contributed by atoms with van der Waals surface area (Å²) >= 11 is 0. The van der Waals surface area contributed by atoms with E-state index in [1.807, 2.05) is 68.7 Å². The van der Waals surface area contributed by atoms with Crippen LogP contribution in [-0.2, 0) is 4.79 Å².